The van der Waals surface area contributed by atoms with Gasteiger partial charge in [-0.1, -0.05) is 12.1 Å². The molecule has 0 spiro atoms. The summed E-state index contributed by atoms with van der Waals surface area (Å²) in [7, 11) is 0. The summed E-state index contributed by atoms with van der Waals surface area (Å²) < 4.78 is 10.6. The van der Waals surface area contributed by atoms with E-state index in [1.807, 2.05) is 6.92 Å². The van der Waals surface area contributed by atoms with Crippen molar-refractivity contribution in [1.29, 1.82) is 0 Å². The molecule has 1 atom stereocenters. The van der Waals surface area contributed by atoms with Gasteiger partial charge in [0, 0.05) is 15.3 Å². The molecule has 3 aromatic rings. The van der Waals surface area contributed by atoms with Crippen molar-refractivity contribution in [1.82, 2.24) is 4.90 Å². The van der Waals surface area contributed by atoms with Gasteiger partial charge in [0.15, 0.2) is 5.76 Å². The Balaban J connectivity index is 1.64. The second-order valence-electron chi connectivity index (χ2n) is 8.31. The van der Waals surface area contributed by atoms with Crippen molar-refractivity contribution in [2.24, 2.45) is 5.92 Å². The molecule has 6 nitrogen and oxygen atoms in total. The third-order valence-electron chi connectivity index (χ3n) is 6.10. The highest BCUT2D eigenvalue weighted by atomic mass is 32.2. The summed E-state index contributed by atoms with van der Waals surface area (Å²) in [6.07, 6.45) is 5.08. The van der Waals surface area contributed by atoms with E-state index in [0.717, 1.165) is 41.4 Å². The zero-order valence-corrected chi connectivity index (χ0v) is 21.3. The van der Waals surface area contributed by atoms with Gasteiger partial charge in [0.05, 0.1) is 24.8 Å². The number of hydrogen-bond acceptors (Lipinski definition) is 7. The fourth-order valence-electron chi connectivity index (χ4n) is 4.43. The summed E-state index contributed by atoms with van der Waals surface area (Å²) in [4.78, 5) is 29.8. The number of carbonyl (C=O) groups is 2. The van der Waals surface area contributed by atoms with Crippen LogP contribution in [0.1, 0.15) is 52.4 Å². The Morgan fingerprint density at radius 1 is 1.24 bits per heavy atom. The van der Waals surface area contributed by atoms with Crippen LogP contribution in [-0.4, -0.2) is 42.7 Å². The maximum atomic E-state index is 12.8. The molecule has 34 heavy (non-hydrogen) atoms. The SMILES string of the molecule is CCOC(=O)C1CCN([C@H](c2ccc(SC)cc2)c2cc(C)sc2NC(=O)c2ccco2)CC1. The Morgan fingerprint density at radius 3 is 2.59 bits per heavy atom. The third-order valence-corrected chi connectivity index (χ3v) is 7.82. The topological polar surface area (TPSA) is 71.8 Å². The Kier molecular flexibility index (Phi) is 8.13. The van der Waals surface area contributed by atoms with Gasteiger partial charge in [0.2, 0.25) is 0 Å². The van der Waals surface area contributed by atoms with Crippen LogP contribution in [0.3, 0.4) is 0 Å². The molecule has 3 heterocycles. The van der Waals surface area contributed by atoms with Gasteiger partial charge in [-0.25, -0.2) is 0 Å². The number of nitrogens with one attached hydrogen (secondary N) is 1. The first-order valence-electron chi connectivity index (χ1n) is 11.5. The minimum absolute atomic E-state index is 0.0316. The lowest BCUT2D eigenvalue weighted by Gasteiger charge is -2.37. The molecular weight excluding hydrogens is 468 g/mol. The first kappa shape index (κ1) is 24.6. The fourth-order valence-corrected chi connectivity index (χ4v) is 5.78. The normalized spacial score (nSPS) is 15.7. The largest absolute Gasteiger partial charge is 0.466 e. The van der Waals surface area contributed by atoms with Crippen LogP contribution in [0, 0.1) is 12.8 Å². The monoisotopic (exact) mass is 498 g/mol. The third kappa shape index (κ3) is 5.56. The molecule has 4 rings (SSSR count). The van der Waals surface area contributed by atoms with E-state index in [-0.39, 0.29) is 29.6 Å². The maximum absolute atomic E-state index is 12.8. The fraction of sp³-hybridized carbons (Fsp3) is 0.385. The van der Waals surface area contributed by atoms with E-state index >= 15 is 0 Å². The number of anilines is 1. The van der Waals surface area contributed by atoms with Crippen molar-refractivity contribution < 1.29 is 18.7 Å². The first-order valence-corrected chi connectivity index (χ1v) is 13.5. The molecular formula is C26H30N2O4S2. The van der Waals surface area contributed by atoms with Crippen LogP contribution >= 0.6 is 23.1 Å². The van der Waals surface area contributed by atoms with E-state index in [4.69, 9.17) is 9.15 Å². The van der Waals surface area contributed by atoms with E-state index < -0.39 is 0 Å². The molecule has 2 aromatic heterocycles. The van der Waals surface area contributed by atoms with E-state index in [9.17, 15) is 9.59 Å². The van der Waals surface area contributed by atoms with Crippen LogP contribution in [0.5, 0.6) is 0 Å². The number of rotatable bonds is 8. The smallest absolute Gasteiger partial charge is 0.309 e. The number of carbonyl (C=O) groups excluding carboxylic acids is 2. The highest BCUT2D eigenvalue weighted by Gasteiger charge is 2.33. The molecule has 1 aromatic carbocycles. The highest BCUT2D eigenvalue weighted by Crippen LogP contribution is 2.41. The number of piperidine rings is 1. The van der Waals surface area contributed by atoms with E-state index in [1.54, 1.807) is 35.2 Å². The van der Waals surface area contributed by atoms with Crippen LogP contribution in [-0.2, 0) is 9.53 Å². The number of thiophene rings is 1. The minimum atomic E-state index is -0.259. The number of benzene rings is 1. The molecule has 0 aliphatic carbocycles. The van der Waals surface area contributed by atoms with Crippen molar-refractivity contribution in [3.8, 4) is 0 Å². The second kappa shape index (κ2) is 11.3. The lowest BCUT2D eigenvalue weighted by Crippen LogP contribution is -2.39. The van der Waals surface area contributed by atoms with Gasteiger partial charge >= 0.3 is 5.97 Å². The van der Waals surface area contributed by atoms with Crippen LogP contribution in [0.4, 0.5) is 5.00 Å². The predicted octanol–water partition coefficient (Wildman–Crippen LogP) is 5.99. The van der Waals surface area contributed by atoms with Crippen molar-refractivity contribution in [2.75, 3.05) is 31.3 Å². The summed E-state index contributed by atoms with van der Waals surface area (Å²) in [6, 6.07) is 14.1. The average Bonchev–Trinajstić information content (AvgIpc) is 3.51. The lowest BCUT2D eigenvalue weighted by molar-refractivity contribution is -0.149. The molecule has 0 bridgehead atoms. The zero-order chi connectivity index (χ0) is 24.1. The molecule has 180 valence electrons. The van der Waals surface area contributed by atoms with Gasteiger partial charge in [0.25, 0.3) is 5.91 Å². The second-order valence-corrected chi connectivity index (χ2v) is 10.4. The maximum Gasteiger partial charge on any atom is 0.309 e. The molecule has 1 N–H and O–H groups in total. The number of hydrogen-bond donors (Lipinski definition) is 1. The number of furan rings is 1. The minimum Gasteiger partial charge on any atom is -0.466 e. The summed E-state index contributed by atoms with van der Waals surface area (Å²) in [6.45, 7) is 5.87. The Morgan fingerprint density at radius 2 is 1.97 bits per heavy atom. The van der Waals surface area contributed by atoms with Crippen molar-refractivity contribution >= 4 is 40.0 Å². The highest BCUT2D eigenvalue weighted by molar-refractivity contribution is 7.98. The van der Waals surface area contributed by atoms with Crippen LogP contribution < -0.4 is 5.32 Å². The molecule has 1 aliphatic rings. The number of ether oxygens (including phenoxy) is 1. The molecule has 0 saturated carbocycles. The van der Waals surface area contributed by atoms with Crippen LogP contribution in [0.2, 0.25) is 0 Å². The molecule has 1 amide bonds. The predicted molar refractivity (Wildman–Crippen MR) is 137 cm³/mol. The molecule has 1 aliphatic heterocycles. The van der Waals surface area contributed by atoms with Gasteiger partial charge in [-0.3, -0.25) is 14.5 Å². The lowest BCUT2D eigenvalue weighted by atomic mass is 9.92. The molecule has 0 unspecified atom stereocenters. The quantitative estimate of drug-likeness (QED) is 0.304. The van der Waals surface area contributed by atoms with Gasteiger partial charge in [-0.2, -0.15) is 0 Å². The number of thioether (sulfide) groups is 1. The Bertz CT molecular complexity index is 1100. The summed E-state index contributed by atoms with van der Waals surface area (Å²) in [5, 5.41) is 3.89. The van der Waals surface area contributed by atoms with Crippen molar-refractivity contribution in [2.45, 2.75) is 37.6 Å². The first-order chi connectivity index (χ1) is 16.5. The number of aryl methyl sites for hydroxylation is 1. The number of amides is 1. The number of nitrogens with zero attached hydrogens (tertiary/aromatic N) is 1. The van der Waals surface area contributed by atoms with E-state index in [2.05, 4.69) is 53.7 Å². The zero-order valence-electron chi connectivity index (χ0n) is 19.7. The summed E-state index contributed by atoms with van der Waals surface area (Å²) in [5.41, 5.74) is 2.23. The van der Waals surface area contributed by atoms with Gasteiger partial charge in [0.1, 0.15) is 5.00 Å². The Hall–Kier alpha value is -2.55. The van der Waals surface area contributed by atoms with Gasteiger partial charge < -0.3 is 14.5 Å². The Labute approximate surface area is 208 Å². The van der Waals surface area contributed by atoms with Crippen molar-refractivity contribution in [3.05, 3.63) is 70.5 Å². The van der Waals surface area contributed by atoms with Crippen LogP contribution in [0.15, 0.2) is 58.0 Å². The van der Waals surface area contributed by atoms with E-state index in [0.29, 0.717) is 6.61 Å². The van der Waals surface area contributed by atoms with Crippen molar-refractivity contribution in [3.63, 3.8) is 0 Å². The van der Waals surface area contributed by atoms with Gasteiger partial charge in [-0.05, 0) is 81.9 Å². The summed E-state index contributed by atoms with van der Waals surface area (Å²) in [5.74, 6) is -0.127. The molecule has 1 fully saturated rings. The van der Waals surface area contributed by atoms with E-state index in [1.165, 1.54) is 16.7 Å². The summed E-state index contributed by atoms with van der Waals surface area (Å²) >= 11 is 3.28. The molecule has 8 heteroatoms. The van der Waals surface area contributed by atoms with Gasteiger partial charge in [-0.15, -0.1) is 23.1 Å². The number of esters is 1. The number of likely N-dealkylation sites (tertiary alicyclic amines) is 1. The standard InChI is InChI=1S/C26H30N2O4S2/c1-4-31-26(30)19-11-13-28(14-12-19)23(18-7-9-20(33-3)10-8-18)21-16-17(2)34-25(21)27-24(29)22-6-5-15-32-22/h5-10,15-16,19,23H,4,11-14H2,1-3H3,(H,27,29)/t23-/m1/s1. The average molecular weight is 499 g/mol. The molecule has 1 saturated heterocycles. The van der Waals surface area contributed by atoms with Crippen LogP contribution in [0.25, 0.3) is 0 Å². The molecule has 0 radical (unpaired) electrons.